The van der Waals surface area contributed by atoms with Crippen LogP contribution in [0.4, 0.5) is 5.69 Å². The summed E-state index contributed by atoms with van der Waals surface area (Å²) in [5.41, 5.74) is 2.68. The Morgan fingerprint density at radius 2 is 2.00 bits per heavy atom. The highest BCUT2D eigenvalue weighted by Crippen LogP contribution is 2.36. The molecule has 1 heterocycles. The minimum absolute atomic E-state index is 0.159. The van der Waals surface area contributed by atoms with Gasteiger partial charge in [-0.3, -0.25) is 0 Å². The van der Waals surface area contributed by atoms with Gasteiger partial charge in [0.25, 0.3) is 0 Å². The lowest BCUT2D eigenvalue weighted by molar-refractivity contribution is 0.289. The average molecular weight is 205 g/mol. The van der Waals surface area contributed by atoms with Crippen LogP contribution in [0.2, 0.25) is 0 Å². The van der Waals surface area contributed by atoms with Gasteiger partial charge < -0.3 is 9.64 Å². The molecule has 1 aliphatic rings. The summed E-state index contributed by atoms with van der Waals surface area (Å²) >= 11 is 0. The van der Waals surface area contributed by atoms with E-state index in [1.54, 1.807) is 0 Å². The second-order valence-corrected chi connectivity index (χ2v) is 5.14. The van der Waals surface area contributed by atoms with E-state index in [1.165, 1.54) is 11.3 Å². The van der Waals surface area contributed by atoms with Crippen LogP contribution in [0.25, 0.3) is 0 Å². The molecule has 0 radical (unpaired) electrons. The minimum atomic E-state index is 0.159. The normalized spacial score (nSPS) is 15.9. The van der Waals surface area contributed by atoms with Gasteiger partial charge in [-0.15, -0.1) is 0 Å². The SMILES string of the molecule is Cc1ccc2c(c1)N(C(C)(C)C)CCO2. The van der Waals surface area contributed by atoms with Gasteiger partial charge in [0.2, 0.25) is 0 Å². The second kappa shape index (κ2) is 3.44. The number of anilines is 1. The van der Waals surface area contributed by atoms with E-state index in [4.69, 9.17) is 4.74 Å². The quantitative estimate of drug-likeness (QED) is 0.645. The Bertz CT molecular complexity index is 365. The molecular weight excluding hydrogens is 186 g/mol. The number of fused-ring (bicyclic) bond motifs is 1. The van der Waals surface area contributed by atoms with Crippen LogP contribution >= 0.6 is 0 Å². The van der Waals surface area contributed by atoms with Crippen LogP contribution in [0.1, 0.15) is 26.3 Å². The molecule has 1 aliphatic heterocycles. The van der Waals surface area contributed by atoms with Gasteiger partial charge in [-0.25, -0.2) is 0 Å². The fourth-order valence-electron chi connectivity index (χ4n) is 2.02. The molecular formula is C13H19NO. The largest absolute Gasteiger partial charge is 0.490 e. The van der Waals surface area contributed by atoms with Crippen molar-refractivity contribution in [3.63, 3.8) is 0 Å². The smallest absolute Gasteiger partial charge is 0.142 e. The Morgan fingerprint density at radius 1 is 1.27 bits per heavy atom. The fraction of sp³-hybridized carbons (Fsp3) is 0.538. The van der Waals surface area contributed by atoms with E-state index in [9.17, 15) is 0 Å². The van der Waals surface area contributed by atoms with Crippen LogP contribution in [-0.4, -0.2) is 18.7 Å². The zero-order valence-electron chi connectivity index (χ0n) is 10.0. The lowest BCUT2D eigenvalue weighted by atomic mass is 10.0. The van der Waals surface area contributed by atoms with E-state index in [0.717, 1.165) is 18.9 Å². The van der Waals surface area contributed by atoms with E-state index in [1.807, 2.05) is 0 Å². The molecule has 0 atom stereocenters. The van der Waals surface area contributed by atoms with Gasteiger partial charge in [-0.1, -0.05) is 6.07 Å². The molecule has 2 rings (SSSR count). The van der Waals surface area contributed by atoms with Crippen LogP contribution < -0.4 is 9.64 Å². The Balaban J connectivity index is 2.45. The van der Waals surface area contributed by atoms with Crippen molar-refractivity contribution in [3.8, 4) is 5.75 Å². The van der Waals surface area contributed by atoms with Crippen molar-refractivity contribution >= 4 is 5.69 Å². The van der Waals surface area contributed by atoms with E-state index < -0.39 is 0 Å². The lowest BCUT2D eigenvalue weighted by Crippen LogP contribution is -2.46. The molecule has 2 heteroatoms. The van der Waals surface area contributed by atoms with Crippen molar-refractivity contribution < 1.29 is 4.74 Å². The summed E-state index contributed by atoms with van der Waals surface area (Å²) in [5.74, 6) is 1.02. The molecule has 0 saturated carbocycles. The van der Waals surface area contributed by atoms with E-state index in [-0.39, 0.29) is 5.54 Å². The maximum atomic E-state index is 5.66. The summed E-state index contributed by atoms with van der Waals surface area (Å²) in [4.78, 5) is 2.42. The topological polar surface area (TPSA) is 12.5 Å². The van der Waals surface area contributed by atoms with Gasteiger partial charge in [-0.05, 0) is 45.4 Å². The molecule has 0 aliphatic carbocycles. The van der Waals surface area contributed by atoms with Gasteiger partial charge in [0, 0.05) is 5.54 Å². The van der Waals surface area contributed by atoms with Gasteiger partial charge in [-0.2, -0.15) is 0 Å². The predicted molar refractivity (Wildman–Crippen MR) is 63.8 cm³/mol. The first-order valence-corrected chi connectivity index (χ1v) is 5.49. The molecule has 0 N–H and O–H groups in total. The third-order valence-electron chi connectivity index (χ3n) is 2.79. The predicted octanol–water partition coefficient (Wildman–Crippen LogP) is 2.99. The molecule has 0 fully saturated rings. The zero-order valence-corrected chi connectivity index (χ0v) is 10.0. The van der Waals surface area contributed by atoms with E-state index in [0.29, 0.717) is 0 Å². The first-order valence-electron chi connectivity index (χ1n) is 5.49. The highest BCUT2D eigenvalue weighted by Gasteiger charge is 2.27. The number of hydrogen-bond acceptors (Lipinski definition) is 2. The number of nitrogens with zero attached hydrogens (tertiary/aromatic N) is 1. The number of benzene rings is 1. The molecule has 0 bridgehead atoms. The van der Waals surface area contributed by atoms with Crippen LogP contribution in [0.5, 0.6) is 5.75 Å². The van der Waals surface area contributed by atoms with E-state index >= 15 is 0 Å². The van der Waals surface area contributed by atoms with Gasteiger partial charge >= 0.3 is 0 Å². The summed E-state index contributed by atoms with van der Waals surface area (Å²) in [6.45, 7) is 10.6. The molecule has 82 valence electrons. The van der Waals surface area contributed by atoms with Crippen LogP contribution in [0.15, 0.2) is 18.2 Å². The Hall–Kier alpha value is -1.18. The molecule has 0 unspecified atom stereocenters. The third kappa shape index (κ3) is 1.94. The van der Waals surface area contributed by atoms with Crippen molar-refractivity contribution in [2.75, 3.05) is 18.1 Å². The molecule has 0 amide bonds. The van der Waals surface area contributed by atoms with Crippen molar-refractivity contribution in [1.29, 1.82) is 0 Å². The maximum absolute atomic E-state index is 5.66. The summed E-state index contributed by atoms with van der Waals surface area (Å²) in [6.07, 6.45) is 0. The van der Waals surface area contributed by atoms with Crippen molar-refractivity contribution in [3.05, 3.63) is 23.8 Å². The first kappa shape index (κ1) is 10.3. The Kier molecular flexibility index (Phi) is 2.37. The molecule has 1 aromatic rings. The highest BCUT2D eigenvalue weighted by molar-refractivity contribution is 5.62. The molecule has 15 heavy (non-hydrogen) atoms. The number of hydrogen-bond donors (Lipinski definition) is 0. The lowest BCUT2D eigenvalue weighted by Gasteiger charge is -2.41. The van der Waals surface area contributed by atoms with Crippen molar-refractivity contribution in [2.45, 2.75) is 33.2 Å². The highest BCUT2D eigenvalue weighted by atomic mass is 16.5. The summed E-state index contributed by atoms with van der Waals surface area (Å²) in [5, 5.41) is 0. The summed E-state index contributed by atoms with van der Waals surface area (Å²) in [7, 11) is 0. The molecule has 0 aromatic heterocycles. The maximum Gasteiger partial charge on any atom is 0.142 e. The summed E-state index contributed by atoms with van der Waals surface area (Å²) < 4.78 is 5.66. The third-order valence-corrected chi connectivity index (χ3v) is 2.79. The summed E-state index contributed by atoms with van der Waals surface area (Å²) in [6, 6.07) is 6.38. The standard InChI is InChI=1S/C13H19NO/c1-10-5-6-12-11(9-10)14(7-8-15-12)13(2,3)4/h5-6,9H,7-8H2,1-4H3. The van der Waals surface area contributed by atoms with Gasteiger partial charge in [0.15, 0.2) is 0 Å². The van der Waals surface area contributed by atoms with E-state index in [2.05, 4.69) is 50.8 Å². The van der Waals surface area contributed by atoms with Crippen LogP contribution in [-0.2, 0) is 0 Å². The fourth-order valence-corrected chi connectivity index (χ4v) is 2.02. The van der Waals surface area contributed by atoms with Crippen molar-refractivity contribution in [2.24, 2.45) is 0 Å². The molecule has 0 saturated heterocycles. The average Bonchev–Trinajstić information content (AvgIpc) is 2.15. The van der Waals surface area contributed by atoms with Crippen LogP contribution in [0.3, 0.4) is 0 Å². The Labute approximate surface area is 91.9 Å². The van der Waals surface area contributed by atoms with Gasteiger partial charge in [0.1, 0.15) is 12.4 Å². The first-order chi connectivity index (χ1) is 6.98. The minimum Gasteiger partial charge on any atom is -0.490 e. The number of ether oxygens (including phenoxy) is 1. The molecule has 1 aromatic carbocycles. The monoisotopic (exact) mass is 205 g/mol. The molecule has 0 spiro atoms. The zero-order chi connectivity index (χ0) is 11.1. The Morgan fingerprint density at radius 3 is 2.67 bits per heavy atom. The number of rotatable bonds is 0. The van der Waals surface area contributed by atoms with Crippen LogP contribution in [0, 0.1) is 6.92 Å². The second-order valence-electron chi connectivity index (χ2n) is 5.14. The number of aryl methyl sites for hydroxylation is 1. The van der Waals surface area contributed by atoms with Gasteiger partial charge in [0.05, 0.1) is 12.2 Å². The van der Waals surface area contributed by atoms with Crippen molar-refractivity contribution in [1.82, 2.24) is 0 Å². The molecule has 2 nitrogen and oxygen atoms in total.